The lowest BCUT2D eigenvalue weighted by Crippen LogP contribution is -2.47. The van der Waals surface area contributed by atoms with Gasteiger partial charge >= 0.3 is 0 Å². The van der Waals surface area contributed by atoms with E-state index in [0.717, 1.165) is 37.1 Å². The Bertz CT molecular complexity index is 593. The summed E-state index contributed by atoms with van der Waals surface area (Å²) in [6, 6.07) is 7.49. The third kappa shape index (κ3) is 2.72. The molecule has 4 heteroatoms. The Hall–Kier alpha value is -1.39. The van der Waals surface area contributed by atoms with E-state index in [1.54, 1.807) is 6.07 Å². The molecule has 3 rings (SSSR count). The lowest BCUT2D eigenvalue weighted by molar-refractivity contribution is -0.0451. The number of halogens is 1. The fourth-order valence-electron chi connectivity index (χ4n) is 2.86. The zero-order chi connectivity index (χ0) is 14.1. The highest BCUT2D eigenvalue weighted by molar-refractivity contribution is 5.80. The van der Waals surface area contributed by atoms with Crippen LogP contribution in [0.15, 0.2) is 30.5 Å². The number of benzene rings is 1. The van der Waals surface area contributed by atoms with Gasteiger partial charge in [-0.25, -0.2) is 4.39 Å². The van der Waals surface area contributed by atoms with Gasteiger partial charge in [-0.05, 0) is 43.5 Å². The number of hydrogen-bond donors (Lipinski definition) is 0. The average molecular weight is 276 g/mol. The molecule has 0 saturated carbocycles. The Labute approximate surface area is 118 Å². The van der Waals surface area contributed by atoms with Crippen molar-refractivity contribution in [3.63, 3.8) is 0 Å². The standard InChI is InChI=1S/C16H21FN2O/c1-12(2)18-7-8-20-15(10-18)11-19-6-5-13-3-4-14(17)9-16(13)19/h3-6,9,12,15H,7-8,10-11H2,1-2H3. The maximum Gasteiger partial charge on any atom is 0.125 e. The molecule has 0 aliphatic carbocycles. The summed E-state index contributed by atoms with van der Waals surface area (Å²) >= 11 is 0. The van der Waals surface area contributed by atoms with Crippen LogP contribution in [0.4, 0.5) is 4.39 Å². The smallest absolute Gasteiger partial charge is 0.125 e. The van der Waals surface area contributed by atoms with E-state index in [1.165, 1.54) is 6.07 Å². The maximum absolute atomic E-state index is 13.4. The molecule has 1 aromatic carbocycles. The Morgan fingerprint density at radius 2 is 2.20 bits per heavy atom. The second-order valence-electron chi connectivity index (χ2n) is 5.75. The highest BCUT2D eigenvalue weighted by Crippen LogP contribution is 2.19. The van der Waals surface area contributed by atoms with E-state index in [9.17, 15) is 4.39 Å². The van der Waals surface area contributed by atoms with Crippen LogP contribution in [0.5, 0.6) is 0 Å². The maximum atomic E-state index is 13.4. The van der Waals surface area contributed by atoms with Crippen molar-refractivity contribution in [3.05, 3.63) is 36.3 Å². The van der Waals surface area contributed by atoms with Crippen LogP contribution in [0.25, 0.3) is 10.9 Å². The molecule has 0 amide bonds. The predicted molar refractivity (Wildman–Crippen MR) is 78.3 cm³/mol. The van der Waals surface area contributed by atoms with E-state index in [1.807, 2.05) is 18.3 Å². The average Bonchev–Trinajstić information content (AvgIpc) is 2.82. The van der Waals surface area contributed by atoms with Crippen molar-refractivity contribution in [3.8, 4) is 0 Å². The number of nitrogens with zero attached hydrogens (tertiary/aromatic N) is 2. The first-order valence-electron chi connectivity index (χ1n) is 7.23. The topological polar surface area (TPSA) is 17.4 Å². The number of rotatable bonds is 3. The number of hydrogen-bond acceptors (Lipinski definition) is 2. The third-order valence-electron chi connectivity index (χ3n) is 4.04. The fraction of sp³-hybridized carbons (Fsp3) is 0.500. The minimum Gasteiger partial charge on any atom is -0.374 e. The summed E-state index contributed by atoms with van der Waals surface area (Å²) in [5, 5.41) is 1.07. The molecule has 1 atom stereocenters. The van der Waals surface area contributed by atoms with Crippen LogP contribution < -0.4 is 0 Å². The lowest BCUT2D eigenvalue weighted by Gasteiger charge is -2.35. The van der Waals surface area contributed by atoms with Crippen molar-refractivity contribution in [1.82, 2.24) is 9.47 Å². The highest BCUT2D eigenvalue weighted by Gasteiger charge is 2.22. The summed E-state index contributed by atoms with van der Waals surface area (Å²) in [5.74, 6) is -0.189. The molecule has 1 aromatic heterocycles. The SMILES string of the molecule is CC(C)N1CCOC(Cn2ccc3ccc(F)cc32)C1. The van der Waals surface area contributed by atoms with E-state index in [4.69, 9.17) is 4.74 Å². The van der Waals surface area contributed by atoms with Crippen LogP contribution in [0.2, 0.25) is 0 Å². The quantitative estimate of drug-likeness (QED) is 0.857. The number of fused-ring (bicyclic) bond motifs is 1. The zero-order valence-electron chi connectivity index (χ0n) is 12.1. The van der Waals surface area contributed by atoms with Crippen LogP contribution in [0.3, 0.4) is 0 Å². The fourth-order valence-corrected chi connectivity index (χ4v) is 2.86. The second kappa shape index (κ2) is 5.54. The van der Waals surface area contributed by atoms with Gasteiger partial charge < -0.3 is 9.30 Å². The van der Waals surface area contributed by atoms with Gasteiger partial charge in [0, 0.05) is 25.3 Å². The number of morpholine rings is 1. The molecule has 1 aliphatic heterocycles. The van der Waals surface area contributed by atoms with Gasteiger partial charge in [0.1, 0.15) is 5.82 Å². The van der Waals surface area contributed by atoms with E-state index in [-0.39, 0.29) is 11.9 Å². The first kappa shape index (κ1) is 13.6. The molecule has 20 heavy (non-hydrogen) atoms. The second-order valence-corrected chi connectivity index (χ2v) is 5.75. The highest BCUT2D eigenvalue weighted by atomic mass is 19.1. The van der Waals surface area contributed by atoms with E-state index in [0.29, 0.717) is 6.04 Å². The molecule has 0 bridgehead atoms. The van der Waals surface area contributed by atoms with Gasteiger partial charge in [-0.2, -0.15) is 0 Å². The van der Waals surface area contributed by atoms with Gasteiger partial charge in [-0.15, -0.1) is 0 Å². The molecule has 0 N–H and O–H groups in total. The van der Waals surface area contributed by atoms with Crippen LogP contribution in [0.1, 0.15) is 13.8 Å². The zero-order valence-corrected chi connectivity index (χ0v) is 12.1. The molecule has 1 unspecified atom stereocenters. The van der Waals surface area contributed by atoms with E-state index in [2.05, 4.69) is 23.3 Å². The van der Waals surface area contributed by atoms with Crippen molar-refractivity contribution in [2.45, 2.75) is 32.5 Å². The van der Waals surface area contributed by atoms with Crippen molar-refractivity contribution >= 4 is 10.9 Å². The minimum absolute atomic E-state index is 0.171. The third-order valence-corrected chi connectivity index (χ3v) is 4.04. The van der Waals surface area contributed by atoms with Gasteiger partial charge in [-0.3, -0.25) is 4.90 Å². The monoisotopic (exact) mass is 276 g/mol. The first-order chi connectivity index (χ1) is 9.63. The molecule has 108 valence electrons. The molecule has 2 heterocycles. The molecule has 3 nitrogen and oxygen atoms in total. The molecular weight excluding hydrogens is 255 g/mol. The van der Waals surface area contributed by atoms with Crippen LogP contribution >= 0.6 is 0 Å². The van der Waals surface area contributed by atoms with Crippen LogP contribution in [0, 0.1) is 5.82 Å². The molecular formula is C16H21FN2O. The van der Waals surface area contributed by atoms with Gasteiger partial charge in [0.15, 0.2) is 0 Å². The molecule has 0 spiro atoms. The summed E-state index contributed by atoms with van der Waals surface area (Å²) in [6.45, 7) is 7.90. The first-order valence-corrected chi connectivity index (χ1v) is 7.23. The van der Waals surface area contributed by atoms with Gasteiger partial charge in [-0.1, -0.05) is 0 Å². The normalized spacial score (nSPS) is 20.9. The molecule has 1 fully saturated rings. The molecule has 1 saturated heterocycles. The molecule has 0 radical (unpaired) electrons. The Morgan fingerprint density at radius 1 is 1.35 bits per heavy atom. The summed E-state index contributed by atoms with van der Waals surface area (Å²) in [4.78, 5) is 2.43. The van der Waals surface area contributed by atoms with Gasteiger partial charge in [0.05, 0.1) is 24.8 Å². The number of aromatic nitrogens is 1. The Morgan fingerprint density at radius 3 is 3.00 bits per heavy atom. The Balaban J connectivity index is 1.77. The van der Waals surface area contributed by atoms with E-state index < -0.39 is 0 Å². The summed E-state index contributed by atoms with van der Waals surface area (Å²) in [6.07, 6.45) is 2.19. The summed E-state index contributed by atoms with van der Waals surface area (Å²) < 4.78 is 21.3. The van der Waals surface area contributed by atoms with Gasteiger partial charge in [0.25, 0.3) is 0 Å². The van der Waals surface area contributed by atoms with E-state index >= 15 is 0 Å². The minimum atomic E-state index is -0.189. The van der Waals surface area contributed by atoms with Crippen molar-refractivity contribution in [2.75, 3.05) is 19.7 Å². The Kier molecular flexibility index (Phi) is 3.76. The molecule has 2 aromatic rings. The van der Waals surface area contributed by atoms with Gasteiger partial charge in [0.2, 0.25) is 0 Å². The lowest BCUT2D eigenvalue weighted by atomic mass is 10.2. The largest absolute Gasteiger partial charge is 0.374 e. The van der Waals surface area contributed by atoms with Crippen molar-refractivity contribution in [2.24, 2.45) is 0 Å². The summed E-state index contributed by atoms with van der Waals surface area (Å²) in [7, 11) is 0. The van der Waals surface area contributed by atoms with Crippen LogP contribution in [-0.2, 0) is 11.3 Å². The van der Waals surface area contributed by atoms with Crippen LogP contribution in [-0.4, -0.2) is 41.3 Å². The van der Waals surface area contributed by atoms with Crippen molar-refractivity contribution in [1.29, 1.82) is 0 Å². The molecule has 1 aliphatic rings. The number of ether oxygens (including phenoxy) is 1. The summed E-state index contributed by atoms with van der Waals surface area (Å²) in [5.41, 5.74) is 0.940. The predicted octanol–water partition coefficient (Wildman–Crippen LogP) is 2.89. The van der Waals surface area contributed by atoms with Crippen molar-refractivity contribution < 1.29 is 9.13 Å².